The first kappa shape index (κ1) is 16.5. The first-order valence-electron chi connectivity index (χ1n) is 7.61. The average molecular weight is 308 g/mol. The Morgan fingerprint density at radius 3 is 2.71 bits per heavy atom. The number of carbonyl (C=O) groups excluding carboxylic acids is 1. The SMILES string of the molecule is O=C(CC1COCCN1)NCC1CCCCC1C(F)(F)F. The topological polar surface area (TPSA) is 50.4 Å². The second-order valence-corrected chi connectivity index (χ2v) is 5.93. The normalized spacial score (nSPS) is 30.9. The summed E-state index contributed by atoms with van der Waals surface area (Å²) >= 11 is 0. The third-order valence-corrected chi connectivity index (χ3v) is 4.32. The van der Waals surface area contributed by atoms with Crippen LogP contribution in [0.5, 0.6) is 0 Å². The van der Waals surface area contributed by atoms with Gasteiger partial charge >= 0.3 is 6.18 Å². The van der Waals surface area contributed by atoms with Gasteiger partial charge in [-0.2, -0.15) is 13.2 Å². The molecule has 2 fully saturated rings. The Labute approximate surface area is 122 Å². The number of nitrogens with one attached hydrogen (secondary N) is 2. The van der Waals surface area contributed by atoms with Crippen molar-refractivity contribution in [2.75, 3.05) is 26.3 Å². The van der Waals surface area contributed by atoms with Gasteiger partial charge in [0.25, 0.3) is 0 Å². The second kappa shape index (κ2) is 7.45. The summed E-state index contributed by atoms with van der Waals surface area (Å²) in [7, 11) is 0. The van der Waals surface area contributed by atoms with Crippen LogP contribution >= 0.6 is 0 Å². The number of rotatable bonds is 4. The lowest BCUT2D eigenvalue weighted by molar-refractivity contribution is -0.195. The van der Waals surface area contributed by atoms with Gasteiger partial charge in [-0.3, -0.25) is 4.79 Å². The Kier molecular flexibility index (Phi) is 5.87. The quantitative estimate of drug-likeness (QED) is 0.833. The van der Waals surface area contributed by atoms with Crippen molar-refractivity contribution >= 4 is 5.91 Å². The van der Waals surface area contributed by atoms with Crippen LogP contribution in [0.4, 0.5) is 13.2 Å². The monoisotopic (exact) mass is 308 g/mol. The number of ether oxygens (including phenoxy) is 1. The fourth-order valence-electron chi connectivity index (χ4n) is 3.17. The van der Waals surface area contributed by atoms with Crippen LogP contribution in [0.1, 0.15) is 32.1 Å². The van der Waals surface area contributed by atoms with Crippen LogP contribution in [-0.2, 0) is 9.53 Å². The molecule has 21 heavy (non-hydrogen) atoms. The minimum Gasteiger partial charge on any atom is -0.378 e. The van der Waals surface area contributed by atoms with Gasteiger partial charge in [-0.25, -0.2) is 0 Å². The third kappa shape index (κ3) is 5.14. The van der Waals surface area contributed by atoms with Crippen LogP contribution < -0.4 is 10.6 Å². The summed E-state index contributed by atoms with van der Waals surface area (Å²) in [5.74, 6) is -1.97. The Balaban J connectivity index is 1.76. The molecule has 1 heterocycles. The van der Waals surface area contributed by atoms with Crippen molar-refractivity contribution in [3.05, 3.63) is 0 Å². The second-order valence-electron chi connectivity index (χ2n) is 5.93. The third-order valence-electron chi connectivity index (χ3n) is 4.32. The molecule has 1 saturated heterocycles. The van der Waals surface area contributed by atoms with E-state index in [1.165, 1.54) is 0 Å². The van der Waals surface area contributed by atoms with Gasteiger partial charge in [0.2, 0.25) is 5.91 Å². The van der Waals surface area contributed by atoms with Gasteiger partial charge < -0.3 is 15.4 Å². The fourth-order valence-corrected chi connectivity index (χ4v) is 3.17. The van der Waals surface area contributed by atoms with Crippen molar-refractivity contribution in [3.63, 3.8) is 0 Å². The zero-order valence-corrected chi connectivity index (χ0v) is 12.0. The number of morpholine rings is 1. The van der Waals surface area contributed by atoms with E-state index >= 15 is 0 Å². The molecular formula is C14H23F3N2O2. The molecule has 1 amide bonds. The van der Waals surface area contributed by atoms with Gasteiger partial charge in [-0.15, -0.1) is 0 Å². The highest BCUT2D eigenvalue weighted by Gasteiger charge is 2.45. The number of hydrogen-bond acceptors (Lipinski definition) is 3. The van der Waals surface area contributed by atoms with Crippen molar-refractivity contribution in [2.45, 2.75) is 44.3 Å². The molecule has 1 aliphatic heterocycles. The molecule has 2 aliphatic rings. The average Bonchev–Trinajstić information content (AvgIpc) is 2.45. The Hall–Kier alpha value is -0.820. The van der Waals surface area contributed by atoms with Gasteiger partial charge in [0.05, 0.1) is 19.1 Å². The van der Waals surface area contributed by atoms with E-state index in [0.717, 1.165) is 6.42 Å². The molecule has 2 N–H and O–H groups in total. The Morgan fingerprint density at radius 2 is 2.05 bits per heavy atom. The summed E-state index contributed by atoms with van der Waals surface area (Å²) < 4.78 is 44.1. The number of hydrogen-bond donors (Lipinski definition) is 2. The maximum atomic E-state index is 12.9. The highest BCUT2D eigenvalue weighted by Crippen LogP contribution is 2.41. The molecular weight excluding hydrogens is 285 g/mol. The summed E-state index contributed by atoms with van der Waals surface area (Å²) in [6.07, 6.45) is -1.75. The van der Waals surface area contributed by atoms with Gasteiger partial charge in [-0.05, 0) is 18.8 Å². The molecule has 122 valence electrons. The lowest BCUT2D eigenvalue weighted by Crippen LogP contribution is -2.45. The molecule has 1 saturated carbocycles. The number of amides is 1. The van der Waals surface area contributed by atoms with Crippen LogP contribution in [0.2, 0.25) is 0 Å². The number of carbonyl (C=O) groups is 1. The summed E-state index contributed by atoms with van der Waals surface area (Å²) in [6.45, 7) is 1.93. The Bertz CT molecular complexity index is 344. The van der Waals surface area contributed by atoms with Gasteiger partial charge in [-0.1, -0.05) is 12.8 Å². The molecule has 3 unspecified atom stereocenters. The van der Waals surface area contributed by atoms with Crippen molar-refractivity contribution in [1.82, 2.24) is 10.6 Å². The van der Waals surface area contributed by atoms with Crippen LogP contribution in [0, 0.1) is 11.8 Å². The molecule has 3 atom stereocenters. The van der Waals surface area contributed by atoms with E-state index in [2.05, 4.69) is 10.6 Å². The van der Waals surface area contributed by atoms with Crippen LogP contribution in [-0.4, -0.2) is 44.4 Å². The minimum atomic E-state index is -4.16. The van der Waals surface area contributed by atoms with Crippen LogP contribution in [0.25, 0.3) is 0 Å². The summed E-state index contributed by atoms with van der Waals surface area (Å²) in [6, 6.07) is -0.0384. The van der Waals surface area contributed by atoms with Gasteiger partial charge in [0.1, 0.15) is 0 Å². The van der Waals surface area contributed by atoms with E-state index in [-0.39, 0.29) is 31.3 Å². The zero-order chi connectivity index (χ0) is 15.3. The molecule has 2 rings (SSSR count). The lowest BCUT2D eigenvalue weighted by atomic mass is 9.78. The molecule has 0 radical (unpaired) electrons. The standard InChI is InChI=1S/C14H23F3N2O2/c15-14(16,17)12-4-2-1-3-10(12)8-19-13(20)7-11-9-21-6-5-18-11/h10-12,18H,1-9H2,(H,19,20). The molecule has 1 aliphatic carbocycles. The van der Waals surface area contributed by atoms with Gasteiger partial charge in [0.15, 0.2) is 0 Å². The lowest BCUT2D eigenvalue weighted by Gasteiger charge is -2.33. The van der Waals surface area contributed by atoms with Crippen LogP contribution in [0.15, 0.2) is 0 Å². The largest absolute Gasteiger partial charge is 0.392 e. The predicted molar refractivity (Wildman–Crippen MR) is 71.7 cm³/mol. The molecule has 4 nitrogen and oxygen atoms in total. The highest BCUT2D eigenvalue weighted by atomic mass is 19.4. The molecule has 7 heteroatoms. The molecule has 0 aromatic rings. The van der Waals surface area contributed by atoms with Crippen molar-refractivity contribution in [2.24, 2.45) is 11.8 Å². The van der Waals surface area contributed by atoms with Crippen LogP contribution in [0.3, 0.4) is 0 Å². The summed E-state index contributed by atoms with van der Waals surface area (Å²) in [5, 5.41) is 5.82. The molecule has 0 aromatic carbocycles. The van der Waals surface area contributed by atoms with E-state index in [9.17, 15) is 18.0 Å². The predicted octanol–water partition coefficient (Wildman–Crippen LogP) is 1.85. The maximum Gasteiger partial charge on any atom is 0.392 e. The zero-order valence-electron chi connectivity index (χ0n) is 12.0. The maximum absolute atomic E-state index is 12.9. The van der Waals surface area contributed by atoms with E-state index in [1.807, 2.05) is 0 Å². The van der Waals surface area contributed by atoms with E-state index in [0.29, 0.717) is 32.6 Å². The van der Waals surface area contributed by atoms with E-state index in [1.54, 1.807) is 0 Å². The molecule has 0 spiro atoms. The number of alkyl halides is 3. The van der Waals surface area contributed by atoms with Gasteiger partial charge in [0, 0.05) is 25.6 Å². The first-order valence-corrected chi connectivity index (χ1v) is 7.61. The molecule has 0 bridgehead atoms. The minimum absolute atomic E-state index is 0.0384. The van der Waals surface area contributed by atoms with Crippen molar-refractivity contribution in [3.8, 4) is 0 Å². The summed E-state index contributed by atoms with van der Waals surface area (Å²) in [5.41, 5.74) is 0. The van der Waals surface area contributed by atoms with Crippen molar-refractivity contribution in [1.29, 1.82) is 0 Å². The summed E-state index contributed by atoms with van der Waals surface area (Å²) in [4.78, 5) is 11.8. The first-order chi connectivity index (χ1) is 9.97. The van der Waals surface area contributed by atoms with E-state index < -0.39 is 18.0 Å². The Morgan fingerprint density at radius 1 is 1.29 bits per heavy atom. The molecule has 0 aromatic heterocycles. The smallest absolute Gasteiger partial charge is 0.378 e. The van der Waals surface area contributed by atoms with Crippen molar-refractivity contribution < 1.29 is 22.7 Å². The highest BCUT2D eigenvalue weighted by molar-refractivity contribution is 5.76. The fraction of sp³-hybridized carbons (Fsp3) is 0.929. The number of halogens is 3. The van der Waals surface area contributed by atoms with E-state index in [4.69, 9.17) is 4.74 Å².